The first-order valence-corrected chi connectivity index (χ1v) is 7.70. The average molecular weight is 342 g/mol. The van der Waals surface area contributed by atoms with Crippen LogP contribution in [0.4, 0.5) is 11.4 Å². The van der Waals surface area contributed by atoms with Gasteiger partial charge in [0.15, 0.2) is 0 Å². The number of nitro benzene ring substituents is 1. The van der Waals surface area contributed by atoms with Crippen molar-refractivity contribution in [2.75, 3.05) is 5.32 Å². The summed E-state index contributed by atoms with van der Waals surface area (Å²) in [6, 6.07) is 14.5. The molecule has 25 heavy (non-hydrogen) atoms. The third-order valence-corrected chi connectivity index (χ3v) is 4.01. The van der Waals surface area contributed by atoms with Gasteiger partial charge in [0, 0.05) is 24.2 Å². The van der Waals surface area contributed by atoms with Crippen LogP contribution in [0.1, 0.15) is 24.8 Å². The Balaban J connectivity index is 2.05. The van der Waals surface area contributed by atoms with Crippen molar-refractivity contribution < 1.29 is 19.6 Å². The van der Waals surface area contributed by atoms with E-state index >= 15 is 0 Å². The van der Waals surface area contributed by atoms with Crippen LogP contribution in [0.5, 0.6) is 0 Å². The van der Waals surface area contributed by atoms with Crippen molar-refractivity contribution in [3.05, 3.63) is 70.3 Å². The van der Waals surface area contributed by atoms with E-state index in [4.69, 9.17) is 0 Å². The summed E-state index contributed by atoms with van der Waals surface area (Å²) in [6.45, 7) is 1.77. The second-order valence-electron chi connectivity index (χ2n) is 5.70. The number of carbonyl (C=O) groups is 2. The molecule has 0 heterocycles. The quantitative estimate of drug-likeness (QED) is 0.592. The van der Waals surface area contributed by atoms with Crippen LogP contribution in [0.25, 0.3) is 0 Å². The topological polar surface area (TPSA) is 110 Å². The Kier molecular flexibility index (Phi) is 5.84. The first-order valence-electron chi connectivity index (χ1n) is 7.70. The molecule has 0 aliphatic rings. The number of amides is 1. The summed E-state index contributed by atoms with van der Waals surface area (Å²) >= 11 is 0. The molecule has 2 aromatic carbocycles. The molecule has 7 nitrogen and oxygen atoms in total. The lowest BCUT2D eigenvalue weighted by atomic mass is 9.85. The van der Waals surface area contributed by atoms with Gasteiger partial charge in [0.25, 0.3) is 5.69 Å². The molecule has 2 rings (SSSR count). The van der Waals surface area contributed by atoms with Crippen LogP contribution < -0.4 is 5.32 Å². The van der Waals surface area contributed by atoms with Gasteiger partial charge >= 0.3 is 5.97 Å². The van der Waals surface area contributed by atoms with E-state index in [0.717, 1.165) is 5.56 Å². The Morgan fingerprint density at radius 2 is 1.72 bits per heavy atom. The van der Waals surface area contributed by atoms with Gasteiger partial charge < -0.3 is 10.4 Å². The van der Waals surface area contributed by atoms with Crippen LogP contribution in [-0.2, 0) is 9.59 Å². The van der Waals surface area contributed by atoms with Crippen molar-refractivity contribution in [2.45, 2.75) is 19.3 Å². The zero-order valence-corrected chi connectivity index (χ0v) is 13.6. The fourth-order valence-corrected chi connectivity index (χ4v) is 2.55. The molecule has 0 spiro atoms. The van der Waals surface area contributed by atoms with Crippen molar-refractivity contribution in [1.82, 2.24) is 0 Å². The van der Waals surface area contributed by atoms with Gasteiger partial charge in [0.05, 0.1) is 10.8 Å². The Morgan fingerprint density at radius 3 is 2.24 bits per heavy atom. The van der Waals surface area contributed by atoms with Gasteiger partial charge in [-0.1, -0.05) is 37.3 Å². The minimum Gasteiger partial charge on any atom is -0.481 e. The number of carboxylic acid groups (broad SMARTS) is 1. The highest BCUT2D eigenvalue weighted by Gasteiger charge is 2.28. The number of nitrogens with one attached hydrogen (secondary N) is 1. The summed E-state index contributed by atoms with van der Waals surface area (Å²) in [5.74, 6) is -2.71. The number of carboxylic acids is 1. The fraction of sp³-hybridized carbons (Fsp3) is 0.222. The average Bonchev–Trinajstić information content (AvgIpc) is 2.60. The molecule has 1 amide bonds. The lowest BCUT2D eigenvalue weighted by Crippen LogP contribution is -2.26. The highest BCUT2D eigenvalue weighted by molar-refractivity contribution is 5.93. The van der Waals surface area contributed by atoms with Crippen LogP contribution in [0.3, 0.4) is 0 Å². The smallest absolute Gasteiger partial charge is 0.307 e. The van der Waals surface area contributed by atoms with Gasteiger partial charge in [-0.05, 0) is 23.6 Å². The number of aliphatic carboxylic acids is 1. The predicted molar refractivity (Wildman–Crippen MR) is 92.3 cm³/mol. The fourth-order valence-electron chi connectivity index (χ4n) is 2.55. The van der Waals surface area contributed by atoms with Crippen LogP contribution in [0.15, 0.2) is 54.6 Å². The number of anilines is 1. The molecule has 0 saturated carbocycles. The zero-order valence-electron chi connectivity index (χ0n) is 13.6. The Morgan fingerprint density at radius 1 is 1.12 bits per heavy atom. The number of carbonyl (C=O) groups excluding carboxylic acids is 1. The molecule has 2 unspecified atom stereocenters. The third kappa shape index (κ3) is 4.87. The second-order valence-corrected chi connectivity index (χ2v) is 5.70. The summed E-state index contributed by atoms with van der Waals surface area (Å²) < 4.78 is 0. The van der Waals surface area contributed by atoms with Crippen LogP contribution in [0, 0.1) is 16.0 Å². The number of benzene rings is 2. The SMILES string of the molecule is CC(c1ccccc1)C(CC(=O)Nc1ccc([N+](=O)[O-])cc1)C(=O)O. The summed E-state index contributed by atoms with van der Waals surface area (Å²) in [6.07, 6.45) is -0.192. The minimum atomic E-state index is -1.05. The molecule has 130 valence electrons. The number of nitrogens with zero attached hydrogens (tertiary/aromatic N) is 1. The summed E-state index contributed by atoms with van der Waals surface area (Å²) in [5, 5.41) is 22.7. The molecule has 0 aromatic heterocycles. The minimum absolute atomic E-state index is 0.0842. The van der Waals surface area contributed by atoms with E-state index < -0.39 is 22.7 Å². The van der Waals surface area contributed by atoms with Crippen molar-refractivity contribution in [1.29, 1.82) is 0 Å². The lowest BCUT2D eigenvalue weighted by molar-refractivity contribution is -0.384. The monoisotopic (exact) mass is 342 g/mol. The number of rotatable bonds is 7. The standard InChI is InChI=1S/C18H18N2O5/c1-12(13-5-3-2-4-6-13)16(18(22)23)11-17(21)19-14-7-9-15(10-8-14)20(24)25/h2-10,12,16H,11H2,1H3,(H,19,21)(H,22,23). The van der Waals surface area contributed by atoms with Gasteiger partial charge in [-0.2, -0.15) is 0 Å². The Labute approximate surface area is 144 Å². The van der Waals surface area contributed by atoms with E-state index in [1.54, 1.807) is 6.92 Å². The van der Waals surface area contributed by atoms with E-state index in [1.807, 2.05) is 30.3 Å². The lowest BCUT2D eigenvalue weighted by Gasteiger charge is -2.20. The van der Waals surface area contributed by atoms with E-state index in [-0.39, 0.29) is 18.0 Å². The molecule has 7 heteroatoms. The largest absolute Gasteiger partial charge is 0.481 e. The van der Waals surface area contributed by atoms with Gasteiger partial charge in [-0.15, -0.1) is 0 Å². The summed E-state index contributed by atoms with van der Waals surface area (Å²) in [5.41, 5.74) is 1.14. The maximum atomic E-state index is 12.2. The molecule has 0 radical (unpaired) electrons. The van der Waals surface area contributed by atoms with Gasteiger partial charge in [-0.25, -0.2) is 0 Å². The second kappa shape index (κ2) is 8.05. The van der Waals surface area contributed by atoms with Gasteiger partial charge in [0.1, 0.15) is 0 Å². The molecule has 0 aliphatic carbocycles. The Bertz CT molecular complexity index is 759. The van der Waals surface area contributed by atoms with E-state index in [2.05, 4.69) is 5.32 Å². The van der Waals surface area contributed by atoms with Crippen LogP contribution in [-0.4, -0.2) is 21.9 Å². The summed E-state index contributed by atoms with van der Waals surface area (Å²) in [7, 11) is 0. The molecule has 2 N–H and O–H groups in total. The molecule has 0 bridgehead atoms. The molecule has 0 fully saturated rings. The van der Waals surface area contributed by atoms with E-state index in [1.165, 1.54) is 24.3 Å². The van der Waals surface area contributed by atoms with Gasteiger partial charge in [0.2, 0.25) is 5.91 Å². The number of non-ortho nitro benzene ring substituents is 1. The van der Waals surface area contributed by atoms with E-state index in [0.29, 0.717) is 5.69 Å². The maximum absolute atomic E-state index is 12.2. The molecule has 2 aromatic rings. The van der Waals surface area contributed by atoms with Crippen molar-refractivity contribution in [3.63, 3.8) is 0 Å². The van der Waals surface area contributed by atoms with Crippen LogP contribution in [0.2, 0.25) is 0 Å². The van der Waals surface area contributed by atoms with Crippen molar-refractivity contribution in [3.8, 4) is 0 Å². The highest BCUT2D eigenvalue weighted by Crippen LogP contribution is 2.27. The molecular weight excluding hydrogens is 324 g/mol. The number of nitro groups is 1. The molecule has 0 aliphatic heterocycles. The first-order chi connectivity index (χ1) is 11.9. The highest BCUT2D eigenvalue weighted by atomic mass is 16.6. The van der Waals surface area contributed by atoms with E-state index in [9.17, 15) is 24.8 Å². The molecule has 0 saturated heterocycles. The first kappa shape index (κ1) is 18.1. The number of hydrogen-bond donors (Lipinski definition) is 2. The zero-order chi connectivity index (χ0) is 18.4. The van der Waals surface area contributed by atoms with Crippen molar-refractivity contribution >= 4 is 23.3 Å². The predicted octanol–water partition coefficient (Wildman–Crippen LogP) is 3.43. The summed E-state index contributed by atoms with van der Waals surface area (Å²) in [4.78, 5) is 33.8. The van der Waals surface area contributed by atoms with Crippen LogP contribution >= 0.6 is 0 Å². The maximum Gasteiger partial charge on any atom is 0.307 e. The third-order valence-electron chi connectivity index (χ3n) is 4.01. The molecular formula is C18H18N2O5. The molecule has 2 atom stereocenters. The van der Waals surface area contributed by atoms with Gasteiger partial charge in [-0.3, -0.25) is 19.7 Å². The normalized spacial score (nSPS) is 12.8. The van der Waals surface area contributed by atoms with Crippen molar-refractivity contribution in [2.24, 2.45) is 5.92 Å². The number of hydrogen-bond acceptors (Lipinski definition) is 4. The Hall–Kier alpha value is -3.22.